The van der Waals surface area contributed by atoms with Gasteiger partial charge in [0.25, 0.3) is 0 Å². The van der Waals surface area contributed by atoms with Crippen LogP contribution in [0.3, 0.4) is 0 Å². The summed E-state index contributed by atoms with van der Waals surface area (Å²) in [6, 6.07) is 7.55. The Morgan fingerprint density at radius 2 is 2.25 bits per heavy atom. The molecule has 16 heavy (non-hydrogen) atoms. The maximum atomic E-state index is 5.58. The number of H-pyrrole nitrogens is 1. The molecule has 3 rings (SSSR count). The van der Waals surface area contributed by atoms with E-state index in [1.165, 1.54) is 0 Å². The predicted octanol–water partition coefficient (Wildman–Crippen LogP) is 2.11. The minimum atomic E-state index is 0.461. The molecule has 0 aliphatic rings. The zero-order chi connectivity index (χ0) is 11.1. The molecule has 0 spiro atoms. The number of aryl methyl sites for hydroxylation is 1. The van der Waals surface area contributed by atoms with E-state index in [9.17, 15) is 0 Å². The number of para-hydroxylation sites is 1. The lowest BCUT2D eigenvalue weighted by molar-refractivity contribution is 0.561. The Hall–Kier alpha value is -2.30. The van der Waals surface area contributed by atoms with Gasteiger partial charge in [0.15, 0.2) is 11.5 Å². The van der Waals surface area contributed by atoms with Crippen molar-refractivity contribution in [3.8, 4) is 11.3 Å². The van der Waals surface area contributed by atoms with E-state index >= 15 is 0 Å². The Bertz CT molecular complexity index is 653. The molecular formula is C11H10N4O. The van der Waals surface area contributed by atoms with Crippen molar-refractivity contribution >= 4 is 16.9 Å². The first-order valence-corrected chi connectivity index (χ1v) is 4.91. The van der Waals surface area contributed by atoms with Crippen LogP contribution in [0.15, 0.2) is 28.7 Å². The molecule has 1 aromatic carbocycles. The number of benzene rings is 1. The molecule has 0 saturated heterocycles. The molecule has 0 unspecified atom stereocenters. The molecule has 2 heterocycles. The number of oxazole rings is 1. The van der Waals surface area contributed by atoms with Gasteiger partial charge in [-0.1, -0.05) is 6.07 Å². The summed E-state index contributed by atoms with van der Waals surface area (Å²) in [4.78, 5) is 4.27. The zero-order valence-electron chi connectivity index (χ0n) is 8.69. The van der Waals surface area contributed by atoms with Crippen LogP contribution in [0.25, 0.3) is 22.4 Å². The minimum absolute atomic E-state index is 0.461. The smallest absolute Gasteiger partial charge is 0.192 e. The number of fused-ring (bicyclic) bond motifs is 1. The highest BCUT2D eigenvalue weighted by Gasteiger charge is 2.10. The molecule has 5 nitrogen and oxygen atoms in total. The average Bonchev–Trinajstić information content (AvgIpc) is 2.82. The fourth-order valence-electron chi connectivity index (χ4n) is 1.75. The molecule has 3 aromatic rings. The predicted molar refractivity (Wildman–Crippen MR) is 60.7 cm³/mol. The molecule has 80 valence electrons. The maximum Gasteiger partial charge on any atom is 0.192 e. The fraction of sp³-hybridized carbons (Fsp3) is 0.0909. The number of anilines is 1. The Labute approximate surface area is 91.3 Å². The van der Waals surface area contributed by atoms with E-state index in [0.717, 1.165) is 22.4 Å². The molecule has 5 heteroatoms. The van der Waals surface area contributed by atoms with E-state index in [2.05, 4.69) is 15.2 Å². The molecule has 0 aliphatic heterocycles. The van der Waals surface area contributed by atoms with E-state index in [4.69, 9.17) is 10.2 Å². The van der Waals surface area contributed by atoms with Gasteiger partial charge < -0.3 is 10.2 Å². The number of nitrogens with two attached hydrogens (primary N) is 1. The first-order chi connectivity index (χ1) is 7.74. The van der Waals surface area contributed by atoms with Crippen molar-refractivity contribution in [1.29, 1.82) is 0 Å². The first kappa shape index (κ1) is 8.96. The summed E-state index contributed by atoms with van der Waals surface area (Å²) in [5, 5.41) is 6.76. The Morgan fingerprint density at radius 3 is 3.00 bits per heavy atom. The highest BCUT2D eigenvalue weighted by molar-refractivity contribution is 5.89. The molecule has 0 radical (unpaired) electrons. The third-order valence-corrected chi connectivity index (χ3v) is 2.41. The summed E-state index contributed by atoms with van der Waals surface area (Å²) in [7, 11) is 0. The van der Waals surface area contributed by atoms with Crippen molar-refractivity contribution in [2.45, 2.75) is 6.92 Å². The van der Waals surface area contributed by atoms with E-state index in [1.807, 2.05) is 25.1 Å². The SMILES string of the molecule is Cc1nc2cccc(-c3cc(N)n[nH]3)c2o1. The normalized spacial score (nSPS) is 11.1. The van der Waals surface area contributed by atoms with Crippen LogP contribution in [0.1, 0.15) is 5.89 Å². The highest BCUT2D eigenvalue weighted by atomic mass is 16.3. The van der Waals surface area contributed by atoms with Gasteiger partial charge in [-0.25, -0.2) is 4.98 Å². The summed E-state index contributed by atoms with van der Waals surface area (Å²) in [5.41, 5.74) is 8.92. The maximum absolute atomic E-state index is 5.58. The van der Waals surface area contributed by atoms with E-state index in [0.29, 0.717) is 11.7 Å². The Kier molecular flexibility index (Phi) is 1.73. The van der Waals surface area contributed by atoms with Crippen LogP contribution in [-0.4, -0.2) is 15.2 Å². The highest BCUT2D eigenvalue weighted by Crippen LogP contribution is 2.28. The third kappa shape index (κ3) is 1.25. The number of nitrogens with one attached hydrogen (secondary N) is 1. The van der Waals surface area contributed by atoms with Crippen molar-refractivity contribution in [2.75, 3.05) is 5.73 Å². The molecule has 0 amide bonds. The van der Waals surface area contributed by atoms with E-state index in [1.54, 1.807) is 6.07 Å². The van der Waals surface area contributed by atoms with Crippen LogP contribution in [0.5, 0.6) is 0 Å². The average molecular weight is 214 g/mol. The van der Waals surface area contributed by atoms with E-state index < -0.39 is 0 Å². The quantitative estimate of drug-likeness (QED) is 0.650. The molecule has 0 aliphatic carbocycles. The largest absolute Gasteiger partial charge is 0.440 e. The summed E-state index contributed by atoms with van der Waals surface area (Å²) < 4.78 is 5.56. The summed E-state index contributed by atoms with van der Waals surface area (Å²) in [6.07, 6.45) is 0. The molecular weight excluding hydrogens is 204 g/mol. The van der Waals surface area contributed by atoms with Gasteiger partial charge in [-0.3, -0.25) is 5.10 Å². The number of hydrogen-bond acceptors (Lipinski definition) is 4. The van der Waals surface area contributed by atoms with Gasteiger partial charge in [-0.2, -0.15) is 5.10 Å². The van der Waals surface area contributed by atoms with Gasteiger partial charge in [-0.05, 0) is 12.1 Å². The summed E-state index contributed by atoms with van der Waals surface area (Å²) >= 11 is 0. The minimum Gasteiger partial charge on any atom is -0.440 e. The molecule has 2 aromatic heterocycles. The zero-order valence-corrected chi connectivity index (χ0v) is 8.69. The molecule has 3 N–H and O–H groups in total. The van der Waals surface area contributed by atoms with Crippen molar-refractivity contribution in [3.05, 3.63) is 30.2 Å². The third-order valence-electron chi connectivity index (χ3n) is 2.41. The standard InChI is InChI=1S/C11H10N4O/c1-6-13-8-4-2-3-7(11(8)16-6)9-5-10(12)15-14-9/h2-5H,1H3,(H3,12,14,15). The summed E-state index contributed by atoms with van der Waals surface area (Å²) in [6.45, 7) is 1.82. The van der Waals surface area contributed by atoms with Gasteiger partial charge in [0, 0.05) is 18.6 Å². The van der Waals surface area contributed by atoms with Crippen LogP contribution < -0.4 is 5.73 Å². The number of hydrogen-bond donors (Lipinski definition) is 2. The van der Waals surface area contributed by atoms with Gasteiger partial charge >= 0.3 is 0 Å². The number of aromatic nitrogens is 3. The Morgan fingerprint density at radius 1 is 1.38 bits per heavy atom. The van der Waals surface area contributed by atoms with Crippen molar-refractivity contribution < 1.29 is 4.42 Å². The second-order valence-corrected chi connectivity index (χ2v) is 3.59. The van der Waals surface area contributed by atoms with Crippen molar-refractivity contribution in [3.63, 3.8) is 0 Å². The number of nitrogen functional groups attached to an aromatic ring is 1. The van der Waals surface area contributed by atoms with Gasteiger partial charge in [0.1, 0.15) is 11.3 Å². The van der Waals surface area contributed by atoms with Gasteiger partial charge in [0.05, 0.1) is 5.69 Å². The lowest BCUT2D eigenvalue weighted by Gasteiger charge is -1.96. The van der Waals surface area contributed by atoms with Crippen LogP contribution in [0.2, 0.25) is 0 Å². The lowest BCUT2D eigenvalue weighted by atomic mass is 10.1. The number of nitrogens with zero attached hydrogens (tertiary/aromatic N) is 2. The van der Waals surface area contributed by atoms with Crippen LogP contribution in [0, 0.1) is 6.92 Å². The summed E-state index contributed by atoms with van der Waals surface area (Å²) in [5.74, 6) is 1.11. The topological polar surface area (TPSA) is 80.7 Å². The van der Waals surface area contributed by atoms with Crippen molar-refractivity contribution in [1.82, 2.24) is 15.2 Å². The van der Waals surface area contributed by atoms with E-state index in [-0.39, 0.29) is 0 Å². The van der Waals surface area contributed by atoms with Crippen LogP contribution >= 0.6 is 0 Å². The first-order valence-electron chi connectivity index (χ1n) is 4.91. The molecule has 0 fully saturated rings. The number of rotatable bonds is 1. The Balaban J connectivity index is 2.30. The van der Waals surface area contributed by atoms with Crippen LogP contribution in [-0.2, 0) is 0 Å². The fourth-order valence-corrected chi connectivity index (χ4v) is 1.75. The van der Waals surface area contributed by atoms with Crippen LogP contribution in [0.4, 0.5) is 5.82 Å². The second kappa shape index (κ2) is 3.10. The monoisotopic (exact) mass is 214 g/mol. The molecule has 0 atom stereocenters. The van der Waals surface area contributed by atoms with Crippen molar-refractivity contribution in [2.24, 2.45) is 0 Å². The number of aromatic amines is 1. The van der Waals surface area contributed by atoms with Gasteiger partial charge in [0.2, 0.25) is 0 Å². The molecule has 0 bridgehead atoms. The van der Waals surface area contributed by atoms with Gasteiger partial charge in [-0.15, -0.1) is 0 Å². The lowest BCUT2D eigenvalue weighted by Crippen LogP contribution is -1.81. The second-order valence-electron chi connectivity index (χ2n) is 3.59. The molecule has 0 saturated carbocycles.